The van der Waals surface area contributed by atoms with E-state index in [1.807, 2.05) is 16.8 Å². The lowest BCUT2D eigenvalue weighted by atomic mass is 9.94. The summed E-state index contributed by atoms with van der Waals surface area (Å²) in [7, 11) is 0. The number of amides is 2. The summed E-state index contributed by atoms with van der Waals surface area (Å²) >= 11 is 7.52. The van der Waals surface area contributed by atoms with Gasteiger partial charge < -0.3 is 5.32 Å². The van der Waals surface area contributed by atoms with E-state index in [1.54, 1.807) is 0 Å². The molecule has 1 heterocycles. The third kappa shape index (κ3) is 5.83. The number of nitrogens with zero attached hydrogens (tertiary/aromatic N) is 1. The molecule has 4 nitrogen and oxygen atoms in total. The number of carbonyl (C=O) groups excluding carboxylic acids is 2. The number of benzene rings is 2. The molecule has 1 aromatic heterocycles. The second kappa shape index (κ2) is 11.1. The predicted octanol–water partition coefficient (Wildman–Crippen LogP) is 6.45. The highest BCUT2D eigenvalue weighted by Crippen LogP contribution is 2.32. The number of anilines is 1. The molecule has 1 aliphatic rings. The molecule has 0 radical (unpaired) electrons. The Morgan fingerprint density at radius 1 is 1.06 bits per heavy atom. The van der Waals surface area contributed by atoms with Gasteiger partial charge in [-0.05, 0) is 71.1 Å². The highest BCUT2D eigenvalue weighted by Gasteiger charge is 2.34. The molecule has 0 bridgehead atoms. The van der Waals surface area contributed by atoms with E-state index in [9.17, 15) is 18.4 Å². The molecule has 0 aliphatic heterocycles. The number of nitrogens with one attached hydrogen (secondary N) is 1. The molecule has 8 heteroatoms. The highest BCUT2D eigenvalue weighted by atomic mass is 35.5. The normalized spacial score (nSPS) is 15.0. The summed E-state index contributed by atoms with van der Waals surface area (Å²) in [6.07, 6.45) is 4.97. The Balaban J connectivity index is 1.76. The molecule has 0 unspecified atom stereocenters. The minimum absolute atomic E-state index is 0.00910. The first kappa shape index (κ1) is 24.4. The van der Waals surface area contributed by atoms with Gasteiger partial charge in [0.2, 0.25) is 11.8 Å². The maximum Gasteiger partial charge on any atom is 0.248 e. The second-order valence-corrected chi connectivity index (χ2v) is 9.66. The summed E-state index contributed by atoms with van der Waals surface area (Å²) in [5.74, 6) is -1.79. The van der Waals surface area contributed by atoms with Gasteiger partial charge in [-0.25, -0.2) is 8.78 Å². The molecule has 0 saturated heterocycles. The van der Waals surface area contributed by atoms with Crippen molar-refractivity contribution >= 4 is 40.4 Å². The standard InChI is InChI=1S/C26H25ClF2N2O2S/c27-22-15-21(10-11-23(22)29)31(24(32)14-17-12-13-34-16-17)25(18-6-8-19(28)9-7-18)26(33)30-20-4-2-1-3-5-20/h6-13,15-16,20,25H,1-5,14H2,(H,30,33)/t25-/m0/s1. The van der Waals surface area contributed by atoms with E-state index in [0.29, 0.717) is 11.3 Å². The lowest BCUT2D eigenvalue weighted by Crippen LogP contribution is -2.47. The van der Waals surface area contributed by atoms with Gasteiger partial charge in [0.1, 0.15) is 17.7 Å². The smallest absolute Gasteiger partial charge is 0.248 e. The molecule has 0 spiro atoms. The van der Waals surface area contributed by atoms with Crippen LogP contribution in [-0.4, -0.2) is 17.9 Å². The van der Waals surface area contributed by atoms with Crippen LogP contribution in [0.25, 0.3) is 0 Å². The zero-order valence-electron chi connectivity index (χ0n) is 18.5. The summed E-state index contributed by atoms with van der Waals surface area (Å²) in [6.45, 7) is 0. The van der Waals surface area contributed by atoms with Crippen molar-refractivity contribution in [2.24, 2.45) is 0 Å². The van der Waals surface area contributed by atoms with Crippen molar-refractivity contribution in [3.8, 4) is 0 Å². The Morgan fingerprint density at radius 2 is 1.79 bits per heavy atom. The lowest BCUT2D eigenvalue weighted by Gasteiger charge is -2.33. The monoisotopic (exact) mass is 502 g/mol. The summed E-state index contributed by atoms with van der Waals surface area (Å²) in [6, 6.07) is 10.2. The van der Waals surface area contributed by atoms with Crippen LogP contribution in [0.5, 0.6) is 0 Å². The second-order valence-electron chi connectivity index (χ2n) is 8.47. The van der Waals surface area contributed by atoms with Gasteiger partial charge >= 0.3 is 0 Å². The minimum Gasteiger partial charge on any atom is -0.351 e. The molecule has 34 heavy (non-hydrogen) atoms. The first-order chi connectivity index (χ1) is 16.4. The van der Waals surface area contributed by atoms with Crippen LogP contribution in [0.15, 0.2) is 59.3 Å². The van der Waals surface area contributed by atoms with Crippen molar-refractivity contribution in [2.75, 3.05) is 4.90 Å². The molecular formula is C26H25ClF2N2O2S. The van der Waals surface area contributed by atoms with Gasteiger partial charge in [0.05, 0.1) is 11.4 Å². The quantitative estimate of drug-likeness (QED) is 0.404. The SMILES string of the molecule is O=C(NC1CCCCC1)[C@H](c1ccc(F)cc1)N(C(=O)Cc1ccsc1)c1ccc(F)c(Cl)c1. The molecular weight excluding hydrogens is 478 g/mol. The molecule has 1 fully saturated rings. The lowest BCUT2D eigenvalue weighted by molar-refractivity contribution is -0.127. The zero-order chi connectivity index (χ0) is 24.1. The van der Waals surface area contributed by atoms with Crippen LogP contribution >= 0.6 is 22.9 Å². The Kier molecular flexibility index (Phi) is 7.95. The maximum absolute atomic E-state index is 13.9. The summed E-state index contributed by atoms with van der Waals surface area (Å²) in [5.41, 5.74) is 1.55. The van der Waals surface area contributed by atoms with Crippen molar-refractivity contribution in [3.05, 3.63) is 87.1 Å². The molecule has 4 rings (SSSR count). The van der Waals surface area contributed by atoms with Gasteiger partial charge in [-0.3, -0.25) is 14.5 Å². The van der Waals surface area contributed by atoms with Crippen LogP contribution in [0.2, 0.25) is 5.02 Å². The summed E-state index contributed by atoms with van der Waals surface area (Å²) < 4.78 is 27.7. The number of halogens is 3. The minimum atomic E-state index is -1.07. The van der Waals surface area contributed by atoms with E-state index in [0.717, 1.165) is 37.7 Å². The van der Waals surface area contributed by atoms with E-state index < -0.39 is 17.7 Å². The molecule has 2 aromatic carbocycles. The number of thiophene rings is 1. The largest absolute Gasteiger partial charge is 0.351 e. The first-order valence-corrected chi connectivity index (χ1v) is 12.6. The van der Waals surface area contributed by atoms with Crippen molar-refractivity contribution in [1.29, 1.82) is 0 Å². The fourth-order valence-electron chi connectivity index (χ4n) is 4.31. The number of hydrogen-bond acceptors (Lipinski definition) is 3. The van der Waals surface area contributed by atoms with Crippen LogP contribution in [0.4, 0.5) is 14.5 Å². The average Bonchev–Trinajstić information content (AvgIpc) is 3.33. The molecule has 3 aromatic rings. The molecule has 1 atom stereocenters. The number of carbonyl (C=O) groups is 2. The molecule has 2 amide bonds. The Bertz CT molecular complexity index is 1130. The van der Waals surface area contributed by atoms with Gasteiger partial charge in [-0.1, -0.05) is 43.0 Å². The van der Waals surface area contributed by atoms with E-state index in [1.165, 1.54) is 58.7 Å². The van der Waals surface area contributed by atoms with Crippen LogP contribution in [0.3, 0.4) is 0 Å². The number of rotatable bonds is 7. The van der Waals surface area contributed by atoms with Crippen LogP contribution in [-0.2, 0) is 16.0 Å². The van der Waals surface area contributed by atoms with Crippen molar-refractivity contribution in [3.63, 3.8) is 0 Å². The van der Waals surface area contributed by atoms with Crippen LogP contribution in [0, 0.1) is 11.6 Å². The molecule has 178 valence electrons. The summed E-state index contributed by atoms with van der Waals surface area (Å²) in [5, 5.41) is 6.67. The Hall–Kier alpha value is -2.77. The predicted molar refractivity (Wildman–Crippen MR) is 131 cm³/mol. The Labute approximate surface area is 206 Å². The maximum atomic E-state index is 13.9. The molecule has 1 N–H and O–H groups in total. The fourth-order valence-corrected chi connectivity index (χ4v) is 5.16. The fraction of sp³-hybridized carbons (Fsp3) is 0.308. The van der Waals surface area contributed by atoms with Crippen molar-refractivity contribution < 1.29 is 18.4 Å². The highest BCUT2D eigenvalue weighted by molar-refractivity contribution is 7.08. The van der Waals surface area contributed by atoms with Crippen molar-refractivity contribution in [2.45, 2.75) is 50.6 Å². The summed E-state index contributed by atoms with van der Waals surface area (Å²) in [4.78, 5) is 28.6. The van der Waals surface area contributed by atoms with E-state index in [4.69, 9.17) is 11.6 Å². The van der Waals surface area contributed by atoms with Gasteiger partial charge in [0.15, 0.2) is 0 Å². The van der Waals surface area contributed by atoms with E-state index >= 15 is 0 Å². The zero-order valence-corrected chi connectivity index (χ0v) is 20.0. The molecule has 1 saturated carbocycles. The van der Waals surface area contributed by atoms with Crippen LogP contribution in [0.1, 0.15) is 49.3 Å². The molecule has 1 aliphatic carbocycles. The van der Waals surface area contributed by atoms with E-state index in [2.05, 4.69) is 5.32 Å². The van der Waals surface area contributed by atoms with Crippen molar-refractivity contribution in [1.82, 2.24) is 5.32 Å². The van der Waals surface area contributed by atoms with Gasteiger partial charge in [-0.15, -0.1) is 0 Å². The average molecular weight is 503 g/mol. The van der Waals surface area contributed by atoms with Crippen LogP contribution < -0.4 is 10.2 Å². The van der Waals surface area contributed by atoms with Gasteiger partial charge in [0, 0.05) is 11.7 Å². The third-order valence-corrected chi connectivity index (χ3v) is 7.05. The third-order valence-electron chi connectivity index (χ3n) is 6.03. The number of hydrogen-bond donors (Lipinski definition) is 1. The first-order valence-electron chi connectivity index (χ1n) is 11.3. The van der Waals surface area contributed by atoms with Gasteiger partial charge in [0.25, 0.3) is 0 Å². The Morgan fingerprint density at radius 3 is 2.44 bits per heavy atom. The topological polar surface area (TPSA) is 49.4 Å². The van der Waals surface area contributed by atoms with Gasteiger partial charge in [-0.2, -0.15) is 11.3 Å². The van der Waals surface area contributed by atoms with E-state index in [-0.39, 0.29) is 29.3 Å².